The minimum atomic E-state index is -0.651. The zero-order valence-corrected chi connectivity index (χ0v) is 11.2. The lowest BCUT2D eigenvalue weighted by Crippen LogP contribution is -2.42. The predicted octanol–water partition coefficient (Wildman–Crippen LogP) is 2.32. The van der Waals surface area contributed by atoms with Gasteiger partial charge in [0.1, 0.15) is 11.6 Å². The summed E-state index contributed by atoms with van der Waals surface area (Å²) in [5.41, 5.74) is -0.158. The van der Waals surface area contributed by atoms with Crippen LogP contribution >= 0.6 is 0 Å². The number of rotatable bonds is 4. The highest BCUT2D eigenvalue weighted by Crippen LogP contribution is 2.29. The molecule has 1 atom stereocenters. The molecule has 1 heterocycles. The fourth-order valence-corrected chi connectivity index (χ4v) is 2.75. The number of carbonyl (C=O) groups excluding carboxylic acids is 1. The van der Waals surface area contributed by atoms with Crippen molar-refractivity contribution in [2.45, 2.75) is 37.8 Å². The summed E-state index contributed by atoms with van der Waals surface area (Å²) >= 11 is 0. The molecule has 3 nitrogen and oxygen atoms in total. The zero-order chi connectivity index (χ0) is 14.1. The van der Waals surface area contributed by atoms with Crippen molar-refractivity contribution in [2.75, 3.05) is 13.1 Å². The Kier molecular flexibility index (Phi) is 3.70. The van der Waals surface area contributed by atoms with Gasteiger partial charge in [0.15, 0.2) is 0 Å². The van der Waals surface area contributed by atoms with Crippen LogP contribution < -0.4 is 5.32 Å². The quantitative estimate of drug-likeness (QED) is 0.918. The number of hydrogen-bond donors (Lipinski definition) is 1. The van der Waals surface area contributed by atoms with Crippen LogP contribution in [0.1, 0.15) is 36.0 Å². The minimum absolute atomic E-state index is 0.158. The summed E-state index contributed by atoms with van der Waals surface area (Å²) < 4.78 is 27.0. The van der Waals surface area contributed by atoms with Gasteiger partial charge in [-0.2, -0.15) is 0 Å². The first-order valence-corrected chi connectivity index (χ1v) is 7.14. The van der Waals surface area contributed by atoms with Crippen molar-refractivity contribution in [1.82, 2.24) is 10.2 Å². The summed E-state index contributed by atoms with van der Waals surface area (Å²) in [5, 5.41) is 3.34. The number of hydrogen-bond acceptors (Lipinski definition) is 2. The number of carbonyl (C=O) groups is 1. The molecule has 20 heavy (non-hydrogen) atoms. The monoisotopic (exact) mass is 280 g/mol. The molecule has 3 rings (SSSR count). The van der Waals surface area contributed by atoms with E-state index in [4.69, 9.17) is 0 Å². The van der Waals surface area contributed by atoms with E-state index in [0.717, 1.165) is 50.4 Å². The summed E-state index contributed by atoms with van der Waals surface area (Å²) in [6, 6.07) is 3.51. The maximum Gasteiger partial charge on any atom is 0.257 e. The molecule has 1 unspecified atom stereocenters. The van der Waals surface area contributed by atoms with Crippen molar-refractivity contribution in [2.24, 2.45) is 0 Å². The third-order valence-corrected chi connectivity index (χ3v) is 3.99. The first-order chi connectivity index (χ1) is 9.65. The highest BCUT2D eigenvalue weighted by molar-refractivity contribution is 5.95. The largest absolute Gasteiger partial charge is 0.334 e. The van der Waals surface area contributed by atoms with E-state index in [0.29, 0.717) is 6.54 Å². The molecule has 1 saturated heterocycles. The Morgan fingerprint density at radius 2 is 2.10 bits per heavy atom. The predicted molar refractivity (Wildman–Crippen MR) is 71.4 cm³/mol. The first-order valence-electron chi connectivity index (χ1n) is 7.14. The Morgan fingerprint density at radius 3 is 2.75 bits per heavy atom. The van der Waals surface area contributed by atoms with Gasteiger partial charge in [-0.1, -0.05) is 0 Å². The molecule has 1 aromatic carbocycles. The maximum absolute atomic E-state index is 13.7. The van der Waals surface area contributed by atoms with Crippen molar-refractivity contribution in [3.05, 3.63) is 35.4 Å². The van der Waals surface area contributed by atoms with Gasteiger partial charge < -0.3 is 10.2 Å². The smallest absolute Gasteiger partial charge is 0.257 e. The molecule has 0 aromatic heterocycles. The van der Waals surface area contributed by atoms with Gasteiger partial charge in [-0.25, -0.2) is 8.78 Å². The van der Waals surface area contributed by atoms with Gasteiger partial charge in [-0.3, -0.25) is 4.79 Å². The SMILES string of the molecule is O=C(c1cc(F)ccc1F)N(CC1CCCN1)C1CC1. The van der Waals surface area contributed by atoms with Crippen LogP contribution in [0.15, 0.2) is 18.2 Å². The van der Waals surface area contributed by atoms with Crippen molar-refractivity contribution < 1.29 is 13.6 Å². The second-order valence-corrected chi connectivity index (χ2v) is 5.61. The molecule has 108 valence electrons. The molecule has 1 saturated carbocycles. The maximum atomic E-state index is 13.7. The van der Waals surface area contributed by atoms with Crippen molar-refractivity contribution >= 4 is 5.91 Å². The van der Waals surface area contributed by atoms with Gasteiger partial charge in [0.05, 0.1) is 5.56 Å². The topological polar surface area (TPSA) is 32.3 Å². The molecule has 0 bridgehead atoms. The van der Waals surface area contributed by atoms with E-state index in [1.54, 1.807) is 4.90 Å². The lowest BCUT2D eigenvalue weighted by Gasteiger charge is -2.26. The summed E-state index contributed by atoms with van der Waals surface area (Å²) in [6.45, 7) is 1.55. The van der Waals surface area contributed by atoms with E-state index in [-0.39, 0.29) is 17.6 Å². The highest BCUT2D eigenvalue weighted by atomic mass is 19.1. The Balaban J connectivity index is 1.79. The number of amides is 1. The summed E-state index contributed by atoms with van der Waals surface area (Å²) in [6.07, 6.45) is 4.04. The number of nitrogens with one attached hydrogen (secondary N) is 1. The Hall–Kier alpha value is -1.49. The van der Waals surface area contributed by atoms with E-state index < -0.39 is 17.5 Å². The zero-order valence-electron chi connectivity index (χ0n) is 11.2. The lowest BCUT2D eigenvalue weighted by atomic mass is 10.1. The second-order valence-electron chi connectivity index (χ2n) is 5.61. The van der Waals surface area contributed by atoms with E-state index in [2.05, 4.69) is 5.32 Å². The average molecular weight is 280 g/mol. The normalized spacial score (nSPS) is 22.0. The van der Waals surface area contributed by atoms with Gasteiger partial charge in [-0.05, 0) is 50.4 Å². The third kappa shape index (κ3) is 2.82. The molecule has 2 aliphatic rings. The van der Waals surface area contributed by atoms with Crippen LogP contribution in [0, 0.1) is 11.6 Å². The molecule has 2 fully saturated rings. The molecule has 1 aliphatic heterocycles. The summed E-state index contributed by atoms with van der Waals surface area (Å²) in [4.78, 5) is 14.2. The second kappa shape index (κ2) is 5.48. The molecule has 0 spiro atoms. The first kappa shape index (κ1) is 13.5. The lowest BCUT2D eigenvalue weighted by molar-refractivity contribution is 0.0723. The van der Waals surface area contributed by atoms with E-state index >= 15 is 0 Å². The summed E-state index contributed by atoms with van der Waals surface area (Å²) in [7, 11) is 0. The van der Waals surface area contributed by atoms with Crippen LogP contribution in [0.25, 0.3) is 0 Å². The molecular weight excluding hydrogens is 262 g/mol. The number of nitrogens with zero attached hydrogens (tertiary/aromatic N) is 1. The average Bonchev–Trinajstić information content (AvgIpc) is 3.15. The van der Waals surface area contributed by atoms with Gasteiger partial charge in [-0.15, -0.1) is 0 Å². The Labute approximate surface area is 117 Å². The minimum Gasteiger partial charge on any atom is -0.334 e. The van der Waals surface area contributed by atoms with Crippen LogP contribution in [0.2, 0.25) is 0 Å². The molecular formula is C15H18F2N2O. The molecule has 0 radical (unpaired) electrons. The van der Waals surface area contributed by atoms with Crippen molar-refractivity contribution in [1.29, 1.82) is 0 Å². The van der Waals surface area contributed by atoms with Crippen LogP contribution in [0.3, 0.4) is 0 Å². The van der Waals surface area contributed by atoms with Gasteiger partial charge in [0, 0.05) is 18.6 Å². The van der Waals surface area contributed by atoms with Crippen molar-refractivity contribution in [3.8, 4) is 0 Å². The summed E-state index contributed by atoms with van der Waals surface area (Å²) in [5.74, 6) is -1.62. The fraction of sp³-hybridized carbons (Fsp3) is 0.533. The molecule has 1 amide bonds. The number of halogens is 2. The molecule has 1 aliphatic carbocycles. The fourth-order valence-electron chi connectivity index (χ4n) is 2.75. The van der Waals surface area contributed by atoms with Gasteiger partial charge in [0.2, 0.25) is 0 Å². The van der Waals surface area contributed by atoms with Crippen molar-refractivity contribution in [3.63, 3.8) is 0 Å². The van der Waals surface area contributed by atoms with Crippen LogP contribution in [-0.4, -0.2) is 36.0 Å². The standard InChI is InChI=1S/C15H18F2N2O/c16-10-3-6-14(17)13(8-10)15(20)19(12-4-5-12)9-11-2-1-7-18-11/h3,6,8,11-12,18H,1-2,4-5,7,9H2. The van der Waals surface area contributed by atoms with Crippen LogP contribution in [-0.2, 0) is 0 Å². The third-order valence-electron chi connectivity index (χ3n) is 3.99. The van der Waals surface area contributed by atoms with E-state index in [1.807, 2.05) is 0 Å². The van der Waals surface area contributed by atoms with Crippen LogP contribution in [0.5, 0.6) is 0 Å². The molecule has 1 N–H and O–H groups in total. The Bertz CT molecular complexity index is 511. The highest BCUT2D eigenvalue weighted by Gasteiger charge is 2.35. The molecule has 1 aromatic rings. The van der Waals surface area contributed by atoms with Crippen LogP contribution in [0.4, 0.5) is 8.78 Å². The van der Waals surface area contributed by atoms with E-state index in [9.17, 15) is 13.6 Å². The van der Waals surface area contributed by atoms with Gasteiger partial charge >= 0.3 is 0 Å². The van der Waals surface area contributed by atoms with E-state index in [1.165, 1.54) is 0 Å². The Morgan fingerprint density at radius 1 is 1.30 bits per heavy atom. The molecule has 5 heteroatoms. The number of benzene rings is 1. The van der Waals surface area contributed by atoms with Gasteiger partial charge in [0.25, 0.3) is 5.91 Å².